The molecule has 0 radical (unpaired) electrons. The van der Waals surface area contributed by atoms with Crippen molar-refractivity contribution in [3.8, 4) is 0 Å². The maximum atomic E-state index is 11.6. The number of carboxylic acids is 1. The van der Waals surface area contributed by atoms with Gasteiger partial charge in [-0.25, -0.2) is 0 Å². The van der Waals surface area contributed by atoms with Crippen LogP contribution in [0.15, 0.2) is 0 Å². The van der Waals surface area contributed by atoms with Crippen LogP contribution in [0, 0.1) is 0 Å². The number of hydrogen-bond donors (Lipinski definition) is 3. The van der Waals surface area contributed by atoms with Crippen LogP contribution in [-0.2, 0) is 14.3 Å². The minimum atomic E-state index is -0.988. The molecule has 0 amide bonds. The molecule has 0 spiro atoms. The Kier molecular flexibility index (Phi) is 8.35. The Morgan fingerprint density at radius 3 is 2.53 bits per heavy atom. The number of carbonyl (C=O) groups is 2. The molecule has 0 bridgehead atoms. The molecule has 0 aliphatic heterocycles. The SMILES string of the molecule is CCOC(=O)[C@H](CCCCN)N[C@@H](C)C(=O)O. The maximum Gasteiger partial charge on any atom is 0.323 e. The van der Waals surface area contributed by atoms with Crippen molar-refractivity contribution < 1.29 is 19.4 Å². The molecule has 0 aromatic heterocycles. The number of carboxylic acid groups (broad SMARTS) is 1. The summed E-state index contributed by atoms with van der Waals surface area (Å²) in [6.45, 7) is 4.06. The minimum Gasteiger partial charge on any atom is -0.480 e. The van der Waals surface area contributed by atoms with Crippen molar-refractivity contribution in [2.24, 2.45) is 5.73 Å². The Morgan fingerprint density at radius 1 is 1.41 bits per heavy atom. The summed E-state index contributed by atoms with van der Waals surface area (Å²) in [5, 5.41) is 11.5. The van der Waals surface area contributed by atoms with Gasteiger partial charge >= 0.3 is 11.9 Å². The van der Waals surface area contributed by atoms with E-state index >= 15 is 0 Å². The fraction of sp³-hybridized carbons (Fsp3) is 0.818. The smallest absolute Gasteiger partial charge is 0.323 e. The number of hydrogen-bond acceptors (Lipinski definition) is 5. The predicted octanol–water partition coefficient (Wildman–Crippen LogP) is 0.110. The van der Waals surface area contributed by atoms with Gasteiger partial charge in [-0.05, 0) is 33.2 Å². The lowest BCUT2D eigenvalue weighted by Gasteiger charge is -2.19. The number of carbonyl (C=O) groups excluding carboxylic acids is 1. The van der Waals surface area contributed by atoms with Crippen LogP contribution >= 0.6 is 0 Å². The second kappa shape index (κ2) is 8.95. The molecule has 0 rings (SSSR count). The summed E-state index contributed by atoms with van der Waals surface area (Å²) in [6, 6.07) is -1.35. The van der Waals surface area contributed by atoms with E-state index in [1.54, 1.807) is 6.92 Å². The summed E-state index contributed by atoms with van der Waals surface area (Å²) < 4.78 is 4.89. The van der Waals surface area contributed by atoms with Crippen molar-refractivity contribution in [1.29, 1.82) is 0 Å². The standard InChI is InChI=1S/C11H22N2O4/c1-3-17-11(16)9(6-4-5-7-12)13-8(2)10(14)15/h8-9,13H,3-7,12H2,1-2H3,(H,14,15)/t8-,9-/m0/s1. The molecule has 0 saturated heterocycles. The van der Waals surface area contributed by atoms with Gasteiger partial charge in [0.25, 0.3) is 0 Å². The van der Waals surface area contributed by atoms with Gasteiger partial charge in [-0.1, -0.05) is 6.42 Å². The summed E-state index contributed by atoms with van der Waals surface area (Å²) in [4.78, 5) is 22.3. The van der Waals surface area contributed by atoms with E-state index in [-0.39, 0.29) is 6.61 Å². The molecular weight excluding hydrogens is 224 g/mol. The Labute approximate surface area is 102 Å². The second-order valence-corrected chi connectivity index (χ2v) is 3.82. The van der Waals surface area contributed by atoms with Gasteiger partial charge < -0.3 is 15.6 Å². The zero-order valence-corrected chi connectivity index (χ0v) is 10.4. The molecule has 0 aromatic rings. The van der Waals surface area contributed by atoms with E-state index < -0.39 is 24.0 Å². The van der Waals surface area contributed by atoms with Crippen molar-refractivity contribution >= 4 is 11.9 Å². The van der Waals surface area contributed by atoms with Crippen molar-refractivity contribution in [3.63, 3.8) is 0 Å². The molecule has 100 valence electrons. The number of nitrogens with two attached hydrogens (primary N) is 1. The van der Waals surface area contributed by atoms with Gasteiger partial charge in [0, 0.05) is 0 Å². The minimum absolute atomic E-state index is 0.287. The first-order valence-electron chi connectivity index (χ1n) is 5.88. The van der Waals surface area contributed by atoms with Gasteiger partial charge in [0.15, 0.2) is 0 Å². The highest BCUT2D eigenvalue weighted by molar-refractivity contribution is 5.78. The van der Waals surface area contributed by atoms with Crippen LogP contribution in [0.2, 0.25) is 0 Å². The predicted molar refractivity (Wildman–Crippen MR) is 63.6 cm³/mol. The van der Waals surface area contributed by atoms with Gasteiger partial charge in [0.2, 0.25) is 0 Å². The number of nitrogens with one attached hydrogen (secondary N) is 1. The molecule has 0 fully saturated rings. The third-order valence-corrected chi connectivity index (χ3v) is 2.34. The van der Waals surface area contributed by atoms with E-state index in [2.05, 4.69) is 5.32 Å². The van der Waals surface area contributed by atoms with Crippen LogP contribution in [0.4, 0.5) is 0 Å². The van der Waals surface area contributed by atoms with Gasteiger partial charge in [-0.3, -0.25) is 14.9 Å². The highest BCUT2D eigenvalue weighted by atomic mass is 16.5. The van der Waals surface area contributed by atoms with Gasteiger partial charge in [0.1, 0.15) is 12.1 Å². The molecule has 0 saturated carbocycles. The summed E-state index contributed by atoms with van der Waals surface area (Å²) in [7, 11) is 0. The van der Waals surface area contributed by atoms with Crippen molar-refractivity contribution in [2.45, 2.75) is 45.2 Å². The van der Waals surface area contributed by atoms with E-state index in [0.717, 1.165) is 12.8 Å². The fourth-order valence-electron chi connectivity index (χ4n) is 1.38. The van der Waals surface area contributed by atoms with Crippen molar-refractivity contribution in [1.82, 2.24) is 5.32 Å². The molecule has 17 heavy (non-hydrogen) atoms. The van der Waals surface area contributed by atoms with Crippen LogP contribution < -0.4 is 11.1 Å². The zero-order valence-electron chi connectivity index (χ0n) is 10.4. The van der Waals surface area contributed by atoms with E-state index in [4.69, 9.17) is 15.6 Å². The first kappa shape index (κ1) is 15.9. The molecule has 0 aromatic carbocycles. The van der Waals surface area contributed by atoms with Crippen LogP contribution in [0.3, 0.4) is 0 Å². The molecule has 0 aliphatic rings. The average molecular weight is 246 g/mol. The molecule has 6 nitrogen and oxygen atoms in total. The van der Waals surface area contributed by atoms with Gasteiger partial charge in [0.05, 0.1) is 6.61 Å². The lowest BCUT2D eigenvalue weighted by atomic mass is 10.1. The average Bonchev–Trinajstić information content (AvgIpc) is 2.27. The zero-order chi connectivity index (χ0) is 13.3. The number of esters is 1. The van der Waals surface area contributed by atoms with E-state index in [1.807, 2.05) is 0 Å². The number of rotatable bonds is 9. The topological polar surface area (TPSA) is 102 Å². The maximum absolute atomic E-state index is 11.6. The lowest BCUT2D eigenvalue weighted by Crippen LogP contribution is -2.46. The second-order valence-electron chi connectivity index (χ2n) is 3.82. The van der Waals surface area contributed by atoms with E-state index in [9.17, 15) is 9.59 Å². The summed E-state index contributed by atoms with van der Waals surface area (Å²) in [5.41, 5.74) is 5.37. The Balaban J connectivity index is 4.28. The number of aliphatic carboxylic acids is 1. The van der Waals surface area contributed by atoms with Crippen LogP contribution in [0.5, 0.6) is 0 Å². The van der Waals surface area contributed by atoms with Gasteiger partial charge in [-0.2, -0.15) is 0 Å². The number of ether oxygens (including phenoxy) is 1. The monoisotopic (exact) mass is 246 g/mol. The first-order chi connectivity index (χ1) is 8.02. The molecule has 6 heteroatoms. The molecule has 0 heterocycles. The molecular formula is C11H22N2O4. The third kappa shape index (κ3) is 6.91. The number of unbranched alkanes of at least 4 members (excludes halogenated alkanes) is 1. The normalized spacial score (nSPS) is 14.1. The van der Waals surface area contributed by atoms with Crippen LogP contribution in [0.1, 0.15) is 33.1 Å². The van der Waals surface area contributed by atoms with Crippen molar-refractivity contribution in [2.75, 3.05) is 13.2 Å². The summed E-state index contributed by atoms with van der Waals surface area (Å²) in [5.74, 6) is -1.39. The summed E-state index contributed by atoms with van der Waals surface area (Å²) in [6.07, 6.45) is 2.10. The lowest BCUT2D eigenvalue weighted by molar-refractivity contribution is -0.147. The molecule has 0 aliphatic carbocycles. The van der Waals surface area contributed by atoms with Gasteiger partial charge in [-0.15, -0.1) is 0 Å². The Hall–Kier alpha value is -1.14. The highest BCUT2D eigenvalue weighted by Gasteiger charge is 2.23. The molecule has 0 unspecified atom stereocenters. The van der Waals surface area contributed by atoms with Crippen molar-refractivity contribution in [3.05, 3.63) is 0 Å². The molecule has 4 N–H and O–H groups in total. The fourth-order valence-corrected chi connectivity index (χ4v) is 1.38. The first-order valence-corrected chi connectivity index (χ1v) is 5.88. The van der Waals surface area contributed by atoms with Crippen LogP contribution in [-0.4, -0.2) is 42.3 Å². The Bertz CT molecular complexity index is 246. The Morgan fingerprint density at radius 2 is 2.06 bits per heavy atom. The summed E-state index contributed by atoms with van der Waals surface area (Å²) >= 11 is 0. The quantitative estimate of drug-likeness (QED) is 0.394. The van der Waals surface area contributed by atoms with E-state index in [0.29, 0.717) is 13.0 Å². The molecule has 2 atom stereocenters. The van der Waals surface area contributed by atoms with E-state index in [1.165, 1.54) is 6.92 Å². The van der Waals surface area contributed by atoms with Crippen LogP contribution in [0.25, 0.3) is 0 Å². The third-order valence-electron chi connectivity index (χ3n) is 2.34. The largest absolute Gasteiger partial charge is 0.480 e. The highest BCUT2D eigenvalue weighted by Crippen LogP contribution is 2.04.